The first-order chi connectivity index (χ1) is 4.97. The van der Waals surface area contributed by atoms with Gasteiger partial charge in [0.2, 0.25) is 0 Å². The summed E-state index contributed by atoms with van der Waals surface area (Å²) in [7, 11) is 0. The van der Waals surface area contributed by atoms with Crippen LogP contribution < -0.4 is 0 Å². The summed E-state index contributed by atoms with van der Waals surface area (Å²) in [5.41, 5.74) is 1.10. The van der Waals surface area contributed by atoms with Crippen LogP contribution in [0.1, 0.15) is 0 Å². The fourth-order valence-corrected chi connectivity index (χ4v) is 2.36. The van der Waals surface area contributed by atoms with Crippen molar-refractivity contribution >= 4 is 35.0 Å². The van der Waals surface area contributed by atoms with Crippen LogP contribution in [0.2, 0.25) is 0 Å². The predicted molar refractivity (Wildman–Crippen MR) is 47.5 cm³/mol. The summed E-state index contributed by atoms with van der Waals surface area (Å²) in [4.78, 5) is 4.22. The van der Waals surface area contributed by atoms with Crippen LogP contribution in [0.4, 0.5) is 5.69 Å². The standard InChI is InChI=1S/C7H5NS2/c1-3-8-6-2-5-10-7(6)9-4-1/h1-5H. The molecule has 2 rings (SSSR count). The second-order valence-electron chi connectivity index (χ2n) is 1.82. The molecule has 0 saturated heterocycles. The summed E-state index contributed by atoms with van der Waals surface area (Å²) in [6.07, 6.45) is 3.78. The van der Waals surface area contributed by atoms with Crippen LogP contribution in [-0.4, -0.2) is 6.21 Å². The molecule has 0 aromatic carbocycles. The normalized spacial score (nSPS) is 14.8. The molecule has 1 aliphatic rings. The molecule has 0 radical (unpaired) electrons. The van der Waals surface area contributed by atoms with Crippen molar-refractivity contribution in [1.82, 2.24) is 0 Å². The molecule has 2 heterocycles. The Labute approximate surface area is 67.5 Å². The lowest BCUT2D eigenvalue weighted by molar-refractivity contribution is 1.52. The fourth-order valence-electron chi connectivity index (χ4n) is 0.732. The molecule has 1 aromatic heterocycles. The summed E-state index contributed by atoms with van der Waals surface area (Å²) < 4.78 is 1.28. The van der Waals surface area contributed by atoms with Crippen LogP contribution in [-0.2, 0) is 0 Å². The van der Waals surface area contributed by atoms with Gasteiger partial charge in [-0.3, -0.25) is 4.99 Å². The van der Waals surface area contributed by atoms with Crippen molar-refractivity contribution in [3.63, 3.8) is 0 Å². The Morgan fingerprint density at radius 3 is 3.40 bits per heavy atom. The van der Waals surface area contributed by atoms with Gasteiger partial charge in [-0.15, -0.1) is 11.3 Å². The SMILES string of the molecule is C1=CSc2sccc2N=C1. The Morgan fingerprint density at radius 1 is 1.40 bits per heavy atom. The molecule has 10 heavy (non-hydrogen) atoms. The van der Waals surface area contributed by atoms with E-state index in [2.05, 4.69) is 10.4 Å². The molecule has 0 amide bonds. The summed E-state index contributed by atoms with van der Waals surface area (Å²) in [5, 5.41) is 4.11. The zero-order valence-electron chi connectivity index (χ0n) is 5.15. The summed E-state index contributed by atoms with van der Waals surface area (Å²) in [5.74, 6) is 0. The Kier molecular flexibility index (Phi) is 1.61. The molecule has 0 aliphatic carbocycles. The topological polar surface area (TPSA) is 12.4 Å². The maximum Gasteiger partial charge on any atom is 0.0897 e. The molecule has 0 atom stereocenters. The van der Waals surface area contributed by atoms with Gasteiger partial charge in [0, 0.05) is 6.21 Å². The molecule has 0 fully saturated rings. The van der Waals surface area contributed by atoms with Crippen molar-refractivity contribution in [2.75, 3.05) is 0 Å². The highest BCUT2D eigenvalue weighted by Crippen LogP contribution is 2.36. The molecule has 1 nitrogen and oxygen atoms in total. The molecular weight excluding hydrogens is 162 g/mol. The molecule has 0 saturated carbocycles. The van der Waals surface area contributed by atoms with E-state index in [1.165, 1.54) is 4.21 Å². The molecule has 0 bridgehead atoms. The second-order valence-corrected chi connectivity index (χ2v) is 3.91. The minimum atomic E-state index is 1.10. The summed E-state index contributed by atoms with van der Waals surface area (Å²) in [6.45, 7) is 0. The summed E-state index contributed by atoms with van der Waals surface area (Å²) >= 11 is 3.47. The Hall–Kier alpha value is -0.540. The molecule has 50 valence electrons. The number of thioether (sulfide) groups is 1. The van der Waals surface area contributed by atoms with Gasteiger partial charge in [0.15, 0.2) is 0 Å². The summed E-state index contributed by atoms with van der Waals surface area (Å²) in [6, 6.07) is 2.04. The number of fused-ring (bicyclic) bond motifs is 1. The number of hydrogen-bond acceptors (Lipinski definition) is 3. The minimum Gasteiger partial charge on any atom is -0.255 e. The zero-order valence-corrected chi connectivity index (χ0v) is 6.78. The third-order valence-corrected chi connectivity index (χ3v) is 3.15. The second kappa shape index (κ2) is 2.60. The molecule has 0 spiro atoms. The average Bonchev–Trinajstić information content (AvgIpc) is 2.28. The molecule has 0 unspecified atom stereocenters. The van der Waals surface area contributed by atoms with E-state index in [4.69, 9.17) is 0 Å². The van der Waals surface area contributed by atoms with Gasteiger partial charge in [-0.25, -0.2) is 0 Å². The molecular formula is C7H5NS2. The first-order valence-electron chi connectivity index (χ1n) is 2.90. The lowest BCUT2D eigenvalue weighted by Gasteiger charge is -1.87. The van der Waals surface area contributed by atoms with Crippen molar-refractivity contribution in [1.29, 1.82) is 0 Å². The number of nitrogens with zero attached hydrogens (tertiary/aromatic N) is 1. The van der Waals surface area contributed by atoms with E-state index in [-0.39, 0.29) is 0 Å². The highest BCUT2D eigenvalue weighted by molar-refractivity contribution is 8.04. The Balaban J connectivity index is 2.50. The van der Waals surface area contributed by atoms with Gasteiger partial charge in [0.05, 0.1) is 9.90 Å². The van der Waals surface area contributed by atoms with E-state index in [1.807, 2.05) is 23.8 Å². The predicted octanol–water partition coefficient (Wildman–Crippen LogP) is 3.07. The van der Waals surface area contributed by atoms with Crippen LogP contribution in [0.3, 0.4) is 0 Å². The van der Waals surface area contributed by atoms with Crippen molar-refractivity contribution in [3.05, 3.63) is 22.9 Å². The lowest BCUT2D eigenvalue weighted by Crippen LogP contribution is -1.57. The van der Waals surface area contributed by atoms with Gasteiger partial charge < -0.3 is 0 Å². The van der Waals surface area contributed by atoms with Crippen LogP contribution in [0.25, 0.3) is 0 Å². The van der Waals surface area contributed by atoms with Crippen LogP contribution in [0.5, 0.6) is 0 Å². The highest BCUT2D eigenvalue weighted by atomic mass is 32.2. The number of thiophene rings is 1. The van der Waals surface area contributed by atoms with Crippen LogP contribution in [0.15, 0.2) is 32.1 Å². The van der Waals surface area contributed by atoms with Gasteiger partial charge >= 0.3 is 0 Å². The maximum absolute atomic E-state index is 4.22. The van der Waals surface area contributed by atoms with E-state index in [0.29, 0.717) is 0 Å². The molecule has 1 aromatic rings. The first-order valence-corrected chi connectivity index (χ1v) is 4.66. The lowest BCUT2D eigenvalue weighted by atomic mass is 10.5. The van der Waals surface area contributed by atoms with Crippen LogP contribution >= 0.6 is 23.1 Å². The maximum atomic E-state index is 4.22. The van der Waals surface area contributed by atoms with E-state index >= 15 is 0 Å². The van der Waals surface area contributed by atoms with Gasteiger partial charge in [-0.05, 0) is 22.9 Å². The fraction of sp³-hybridized carbons (Fsp3) is 0. The minimum absolute atomic E-state index is 1.10. The van der Waals surface area contributed by atoms with Crippen LogP contribution in [0, 0.1) is 0 Å². The molecule has 3 heteroatoms. The van der Waals surface area contributed by atoms with Gasteiger partial charge in [0.1, 0.15) is 0 Å². The number of hydrogen-bond donors (Lipinski definition) is 0. The van der Waals surface area contributed by atoms with E-state index in [0.717, 1.165) is 5.69 Å². The largest absolute Gasteiger partial charge is 0.255 e. The van der Waals surface area contributed by atoms with Crippen molar-refractivity contribution < 1.29 is 0 Å². The van der Waals surface area contributed by atoms with Gasteiger partial charge in [0.25, 0.3) is 0 Å². The van der Waals surface area contributed by atoms with Gasteiger partial charge in [-0.2, -0.15) is 0 Å². The average molecular weight is 167 g/mol. The Morgan fingerprint density at radius 2 is 2.40 bits per heavy atom. The van der Waals surface area contributed by atoms with Gasteiger partial charge in [-0.1, -0.05) is 11.8 Å². The third-order valence-electron chi connectivity index (χ3n) is 1.16. The van der Waals surface area contributed by atoms with E-state index in [1.54, 1.807) is 23.1 Å². The van der Waals surface area contributed by atoms with Crippen molar-refractivity contribution in [2.24, 2.45) is 4.99 Å². The molecule has 1 aliphatic heterocycles. The third kappa shape index (κ3) is 1.02. The smallest absolute Gasteiger partial charge is 0.0897 e. The number of rotatable bonds is 0. The zero-order chi connectivity index (χ0) is 6.81. The monoisotopic (exact) mass is 167 g/mol. The highest BCUT2D eigenvalue weighted by Gasteiger charge is 2.01. The van der Waals surface area contributed by atoms with Crippen molar-refractivity contribution in [3.8, 4) is 0 Å². The van der Waals surface area contributed by atoms with E-state index < -0.39 is 0 Å². The Bertz CT molecular complexity index is 286. The van der Waals surface area contributed by atoms with Crippen molar-refractivity contribution in [2.45, 2.75) is 4.21 Å². The van der Waals surface area contributed by atoms with E-state index in [9.17, 15) is 0 Å². The molecule has 0 N–H and O–H groups in total. The number of aliphatic imine (C=N–C) groups is 1. The number of allylic oxidation sites excluding steroid dienone is 1. The quantitative estimate of drug-likeness (QED) is 0.578. The first kappa shape index (κ1) is 6.19.